The van der Waals surface area contributed by atoms with Gasteiger partial charge in [-0.05, 0) is 57.9 Å². The van der Waals surface area contributed by atoms with Gasteiger partial charge in [0.05, 0.1) is 11.0 Å². The highest BCUT2D eigenvalue weighted by molar-refractivity contribution is 5.94. The molecule has 0 spiro atoms. The molecule has 2 heterocycles. The average molecular weight is 420 g/mol. The largest absolute Gasteiger partial charge is 0.324 e. The summed E-state index contributed by atoms with van der Waals surface area (Å²) in [5.74, 6) is 0.390. The van der Waals surface area contributed by atoms with Crippen LogP contribution in [0.1, 0.15) is 33.6 Å². The maximum atomic E-state index is 13.0. The van der Waals surface area contributed by atoms with E-state index < -0.39 is 0 Å². The van der Waals surface area contributed by atoms with E-state index >= 15 is 0 Å². The molecule has 7 heteroatoms. The van der Waals surface area contributed by atoms with Crippen molar-refractivity contribution in [3.8, 4) is 0 Å². The second kappa shape index (κ2) is 8.41. The van der Waals surface area contributed by atoms with Crippen molar-refractivity contribution in [2.45, 2.75) is 39.2 Å². The van der Waals surface area contributed by atoms with Gasteiger partial charge in [-0.15, -0.1) is 0 Å². The molecule has 3 aromatic rings. The number of nitrogens with zero attached hydrogens (tertiary/aromatic N) is 3. The smallest absolute Gasteiger partial charge is 0.321 e. The van der Waals surface area contributed by atoms with Crippen molar-refractivity contribution in [3.63, 3.8) is 0 Å². The van der Waals surface area contributed by atoms with Crippen molar-refractivity contribution in [2.24, 2.45) is 5.92 Å². The van der Waals surface area contributed by atoms with Crippen LogP contribution in [0.25, 0.3) is 11.0 Å². The highest BCUT2D eigenvalue weighted by Crippen LogP contribution is 2.29. The van der Waals surface area contributed by atoms with Gasteiger partial charge >= 0.3 is 6.03 Å². The first-order valence-electron chi connectivity index (χ1n) is 10.7. The van der Waals surface area contributed by atoms with Crippen molar-refractivity contribution < 1.29 is 9.59 Å². The molecule has 0 atom stereocenters. The number of anilines is 2. The topological polar surface area (TPSA) is 79.3 Å². The first-order valence-corrected chi connectivity index (χ1v) is 10.7. The fourth-order valence-corrected chi connectivity index (χ4v) is 4.07. The number of carbonyl (C=O) groups excluding carboxylic acids is 2. The Hall–Kier alpha value is -3.35. The molecule has 31 heavy (non-hydrogen) atoms. The van der Waals surface area contributed by atoms with Gasteiger partial charge in [-0.1, -0.05) is 30.3 Å². The molecule has 0 radical (unpaired) electrons. The van der Waals surface area contributed by atoms with Gasteiger partial charge in [-0.2, -0.15) is 0 Å². The van der Waals surface area contributed by atoms with Gasteiger partial charge in [0.25, 0.3) is 0 Å². The van der Waals surface area contributed by atoms with Crippen LogP contribution in [0.3, 0.4) is 0 Å². The maximum absolute atomic E-state index is 13.0. The molecule has 1 aliphatic rings. The molecule has 1 saturated heterocycles. The first-order chi connectivity index (χ1) is 14.8. The van der Waals surface area contributed by atoms with Crippen LogP contribution in [0.5, 0.6) is 0 Å². The van der Waals surface area contributed by atoms with Crippen LogP contribution in [0.15, 0.2) is 54.6 Å². The van der Waals surface area contributed by atoms with Crippen molar-refractivity contribution in [1.82, 2.24) is 14.5 Å². The minimum atomic E-state index is -0.225. The average Bonchev–Trinajstić information content (AvgIpc) is 3.12. The number of likely N-dealkylation sites (tertiary alicyclic amines) is 1. The Morgan fingerprint density at radius 2 is 1.58 bits per heavy atom. The van der Waals surface area contributed by atoms with Crippen LogP contribution < -0.4 is 10.6 Å². The molecule has 1 fully saturated rings. The lowest BCUT2D eigenvalue weighted by Gasteiger charge is -2.31. The summed E-state index contributed by atoms with van der Waals surface area (Å²) in [5.41, 5.74) is 2.41. The van der Waals surface area contributed by atoms with E-state index in [1.165, 1.54) is 0 Å². The van der Waals surface area contributed by atoms with E-state index in [1.807, 2.05) is 54.6 Å². The Morgan fingerprint density at radius 3 is 2.26 bits per heavy atom. The number of nitrogens with one attached hydrogen (secondary N) is 2. The quantitative estimate of drug-likeness (QED) is 0.647. The summed E-state index contributed by atoms with van der Waals surface area (Å²) in [5, 5.41) is 5.96. The van der Waals surface area contributed by atoms with Gasteiger partial charge < -0.3 is 14.8 Å². The summed E-state index contributed by atoms with van der Waals surface area (Å²) in [7, 11) is 0. The van der Waals surface area contributed by atoms with Crippen LogP contribution in [0.4, 0.5) is 16.4 Å². The van der Waals surface area contributed by atoms with Crippen LogP contribution in [-0.2, 0) is 10.3 Å². The zero-order valence-corrected chi connectivity index (χ0v) is 18.3. The Labute approximate surface area is 182 Å². The number of benzene rings is 2. The second-order valence-electron chi connectivity index (χ2n) is 8.98. The van der Waals surface area contributed by atoms with Gasteiger partial charge in [0, 0.05) is 30.2 Å². The normalized spacial score (nSPS) is 15.1. The van der Waals surface area contributed by atoms with Crippen LogP contribution in [-0.4, -0.2) is 39.5 Å². The minimum Gasteiger partial charge on any atom is -0.324 e. The number of imidazole rings is 1. The van der Waals surface area contributed by atoms with Crippen LogP contribution in [0.2, 0.25) is 0 Å². The molecule has 2 aromatic carbocycles. The van der Waals surface area contributed by atoms with Crippen molar-refractivity contribution >= 4 is 34.6 Å². The number of urea groups is 1. The maximum Gasteiger partial charge on any atom is 0.321 e. The second-order valence-corrected chi connectivity index (χ2v) is 8.98. The third-order valence-corrected chi connectivity index (χ3v) is 5.64. The fraction of sp³-hybridized carbons (Fsp3) is 0.375. The number of carbonyl (C=O) groups is 2. The number of amides is 3. The lowest BCUT2D eigenvalue weighted by atomic mass is 9.96. The zero-order valence-electron chi connectivity index (χ0n) is 18.3. The summed E-state index contributed by atoms with van der Waals surface area (Å²) in [6.07, 6.45) is 1.26. The summed E-state index contributed by atoms with van der Waals surface area (Å²) in [6.45, 7) is 7.39. The lowest BCUT2D eigenvalue weighted by Crippen LogP contribution is -2.43. The third kappa shape index (κ3) is 4.55. The van der Waals surface area contributed by atoms with Gasteiger partial charge in [-0.25, -0.2) is 9.78 Å². The van der Waals surface area contributed by atoms with E-state index in [9.17, 15) is 9.59 Å². The number of piperidine rings is 1. The van der Waals surface area contributed by atoms with E-state index in [0.29, 0.717) is 31.9 Å². The molecule has 162 valence electrons. The number of hydrogen-bond acceptors (Lipinski definition) is 3. The van der Waals surface area contributed by atoms with Crippen LogP contribution >= 0.6 is 0 Å². The Morgan fingerprint density at radius 1 is 0.935 bits per heavy atom. The van der Waals surface area contributed by atoms with Crippen molar-refractivity contribution in [1.29, 1.82) is 0 Å². The molecule has 4 rings (SSSR count). The van der Waals surface area contributed by atoms with E-state index in [-0.39, 0.29) is 23.4 Å². The van der Waals surface area contributed by atoms with Gasteiger partial charge in [-0.3, -0.25) is 10.1 Å². The summed E-state index contributed by atoms with van der Waals surface area (Å²) in [6, 6.07) is 17.2. The number of fused-ring (bicyclic) bond motifs is 1. The molecule has 2 N–H and O–H groups in total. The van der Waals surface area contributed by atoms with Crippen molar-refractivity contribution in [3.05, 3.63) is 54.6 Å². The Bertz CT molecular complexity index is 1080. The highest BCUT2D eigenvalue weighted by Gasteiger charge is 2.29. The SMILES string of the molecule is CC(C)(C)n1c(NC(=O)C2CCN(C(=O)Nc3ccccc3)CC2)nc2ccccc21. The minimum absolute atomic E-state index is 0.0380. The molecule has 0 aliphatic carbocycles. The van der Waals surface area contributed by atoms with E-state index in [4.69, 9.17) is 0 Å². The molecule has 3 amide bonds. The molecule has 1 aromatic heterocycles. The third-order valence-electron chi connectivity index (χ3n) is 5.64. The van der Waals surface area contributed by atoms with E-state index in [0.717, 1.165) is 16.7 Å². The van der Waals surface area contributed by atoms with Crippen molar-refractivity contribution in [2.75, 3.05) is 23.7 Å². The predicted octanol–water partition coefficient (Wildman–Crippen LogP) is 4.67. The molecule has 1 aliphatic heterocycles. The molecular weight excluding hydrogens is 390 g/mol. The van der Waals surface area contributed by atoms with Gasteiger partial charge in [0.2, 0.25) is 11.9 Å². The molecule has 0 bridgehead atoms. The molecule has 7 nitrogen and oxygen atoms in total. The van der Waals surface area contributed by atoms with E-state index in [2.05, 4.69) is 41.0 Å². The zero-order chi connectivity index (χ0) is 22.0. The molecule has 0 unspecified atom stereocenters. The highest BCUT2D eigenvalue weighted by atomic mass is 16.2. The van der Waals surface area contributed by atoms with Gasteiger partial charge in [0.1, 0.15) is 0 Å². The number of hydrogen-bond donors (Lipinski definition) is 2. The summed E-state index contributed by atoms with van der Waals surface area (Å²) in [4.78, 5) is 31.9. The fourth-order valence-electron chi connectivity index (χ4n) is 4.07. The number of aromatic nitrogens is 2. The predicted molar refractivity (Wildman–Crippen MR) is 123 cm³/mol. The molecule has 0 saturated carbocycles. The van der Waals surface area contributed by atoms with E-state index in [1.54, 1.807) is 4.90 Å². The Kier molecular flexibility index (Phi) is 5.67. The number of rotatable bonds is 3. The monoisotopic (exact) mass is 419 g/mol. The first kappa shape index (κ1) is 20.9. The summed E-state index contributed by atoms with van der Waals surface area (Å²) < 4.78 is 2.07. The van der Waals surface area contributed by atoms with Gasteiger partial charge in [0.15, 0.2) is 0 Å². The Balaban J connectivity index is 1.40. The lowest BCUT2D eigenvalue weighted by molar-refractivity contribution is -0.121. The number of para-hydroxylation sites is 3. The van der Waals surface area contributed by atoms with Crippen LogP contribution in [0, 0.1) is 5.92 Å². The standard InChI is InChI=1S/C24H29N5O2/c1-24(2,3)29-20-12-8-7-11-19(20)26-22(29)27-21(30)17-13-15-28(16-14-17)23(31)25-18-9-5-4-6-10-18/h4-12,17H,13-16H2,1-3H3,(H,25,31)(H,26,27,30). The molecular formula is C24H29N5O2. The summed E-state index contributed by atoms with van der Waals surface area (Å²) >= 11 is 0.